The van der Waals surface area contributed by atoms with Crippen LogP contribution in [0, 0.1) is 6.92 Å². The Morgan fingerprint density at radius 1 is 1.31 bits per heavy atom. The van der Waals surface area contributed by atoms with Gasteiger partial charge in [0.25, 0.3) is 0 Å². The van der Waals surface area contributed by atoms with Gasteiger partial charge in [-0.05, 0) is 36.8 Å². The standard InChI is InChI=1S/C13H13NOS/c1-9-5-6-13(16-9)12(15)8-10-3-2-4-11(14)7-10/h2-7H,8,14H2,1H3. The highest BCUT2D eigenvalue weighted by atomic mass is 32.1. The molecule has 1 heterocycles. The van der Waals surface area contributed by atoms with Gasteiger partial charge in [-0.3, -0.25) is 4.79 Å². The van der Waals surface area contributed by atoms with Crippen LogP contribution in [0.5, 0.6) is 0 Å². The summed E-state index contributed by atoms with van der Waals surface area (Å²) in [5.74, 6) is 0.156. The topological polar surface area (TPSA) is 43.1 Å². The predicted octanol–water partition coefficient (Wildman–Crippen LogP) is 3.06. The third kappa shape index (κ3) is 2.49. The van der Waals surface area contributed by atoms with Crippen LogP contribution < -0.4 is 5.73 Å². The zero-order valence-corrected chi connectivity index (χ0v) is 9.88. The van der Waals surface area contributed by atoms with Crippen LogP contribution in [-0.4, -0.2) is 5.78 Å². The van der Waals surface area contributed by atoms with Crippen molar-refractivity contribution in [3.05, 3.63) is 51.7 Å². The van der Waals surface area contributed by atoms with Crippen LogP contribution in [0.25, 0.3) is 0 Å². The molecule has 0 amide bonds. The minimum atomic E-state index is 0.156. The lowest BCUT2D eigenvalue weighted by molar-refractivity contribution is 0.0997. The van der Waals surface area contributed by atoms with Gasteiger partial charge in [0.05, 0.1) is 4.88 Å². The zero-order chi connectivity index (χ0) is 11.5. The van der Waals surface area contributed by atoms with Crippen molar-refractivity contribution >= 4 is 22.8 Å². The first-order valence-corrected chi connectivity index (χ1v) is 5.91. The Labute approximate surface area is 98.7 Å². The van der Waals surface area contributed by atoms with E-state index in [4.69, 9.17) is 5.73 Å². The largest absolute Gasteiger partial charge is 0.399 e. The van der Waals surface area contributed by atoms with Crippen molar-refractivity contribution in [2.24, 2.45) is 0 Å². The van der Waals surface area contributed by atoms with Crippen LogP contribution in [0.4, 0.5) is 5.69 Å². The molecule has 0 saturated carbocycles. The number of rotatable bonds is 3. The smallest absolute Gasteiger partial charge is 0.177 e. The maximum Gasteiger partial charge on any atom is 0.177 e. The van der Waals surface area contributed by atoms with E-state index in [9.17, 15) is 4.79 Å². The first-order valence-electron chi connectivity index (χ1n) is 5.09. The number of nitrogens with two attached hydrogens (primary N) is 1. The van der Waals surface area contributed by atoms with E-state index < -0.39 is 0 Å². The molecular formula is C13H13NOS. The van der Waals surface area contributed by atoms with Gasteiger partial charge in [-0.15, -0.1) is 11.3 Å². The molecule has 16 heavy (non-hydrogen) atoms. The van der Waals surface area contributed by atoms with E-state index in [2.05, 4.69) is 0 Å². The first kappa shape index (κ1) is 10.9. The van der Waals surface area contributed by atoms with Crippen molar-refractivity contribution in [3.63, 3.8) is 0 Å². The molecule has 2 N–H and O–H groups in total. The summed E-state index contributed by atoms with van der Waals surface area (Å²) in [6.07, 6.45) is 0.422. The number of carbonyl (C=O) groups excluding carboxylic acids is 1. The fourth-order valence-electron chi connectivity index (χ4n) is 1.56. The quantitative estimate of drug-likeness (QED) is 0.651. The van der Waals surface area contributed by atoms with Crippen LogP contribution in [0.15, 0.2) is 36.4 Å². The molecule has 0 spiro atoms. The molecule has 0 atom stereocenters. The first-order chi connectivity index (χ1) is 7.65. The number of aryl methyl sites for hydroxylation is 1. The zero-order valence-electron chi connectivity index (χ0n) is 9.07. The summed E-state index contributed by atoms with van der Waals surface area (Å²) in [5.41, 5.74) is 7.34. The number of benzene rings is 1. The lowest BCUT2D eigenvalue weighted by Crippen LogP contribution is -2.01. The summed E-state index contributed by atoms with van der Waals surface area (Å²) >= 11 is 1.54. The van der Waals surface area contributed by atoms with E-state index >= 15 is 0 Å². The van der Waals surface area contributed by atoms with Gasteiger partial charge in [0, 0.05) is 17.0 Å². The second-order valence-electron chi connectivity index (χ2n) is 3.76. The Balaban J connectivity index is 2.13. The average Bonchev–Trinajstić information content (AvgIpc) is 2.65. The Hall–Kier alpha value is -1.61. The SMILES string of the molecule is Cc1ccc(C(=O)Cc2cccc(N)c2)s1. The maximum absolute atomic E-state index is 11.9. The van der Waals surface area contributed by atoms with E-state index in [1.807, 2.05) is 43.3 Å². The van der Waals surface area contributed by atoms with Gasteiger partial charge in [-0.2, -0.15) is 0 Å². The van der Waals surface area contributed by atoms with Crippen molar-refractivity contribution in [1.29, 1.82) is 0 Å². The van der Waals surface area contributed by atoms with Crippen LogP contribution in [0.1, 0.15) is 20.1 Å². The van der Waals surface area contributed by atoms with Gasteiger partial charge in [0.15, 0.2) is 5.78 Å². The van der Waals surface area contributed by atoms with Gasteiger partial charge in [0.1, 0.15) is 0 Å². The Morgan fingerprint density at radius 3 is 2.75 bits per heavy atom. The molecule has 0 unspecified atom stereocenters. The van der Waals surface area contributed by atoms with E-state index in [1.54, 1.807) is 0 Å². The van der Waals surface area contributed by atoms with Crippen LogP contribution in [-0.2, 0) is 6.42 Å². The maximum atomic E-state index is 11.9. The third-order valence-corrected chi connectivity index (χ3v) is 3.37. The summed E-state index contributed by atoms with van der Waals surface area (Å²) in [4.78, 5) is 13.9. The fraction of sp³-hybridized carbons (Fsp3) is 0.154. The van der Waals surface area contributed by atoms with Crippen molar-refractivity contribution in [2.75, 3.05) is 5.73 Å². The summed E-state index contributed by atoms with van der Waals surface area (Å²) in [6, 6.07) is 11.3. The molecule has 0 aliphatic heterocycles. The van der Waals surface area contributed by atoms with Gasteiger partial charge in [-0.25, -0.2) is 0 Å². The number of Topliss-reactive ketones (excluding diaryl/α,β-unsaturated/α-hetero) is 1. The molecule has 2 rings (SSSR count). The molecule has 0 saturated heterocycles. The molecule has 1 aromatic heterocycles. The van der Waals surface area contributed by atoms with E-state index in [-0.39, 0.29) is 5.78 Å². The van der Waals surface area contributed by atoms with Gasteiger partial charge < -0.3 is 5.73 Å². The Bertz CT molecular complexity index is 516. The van der Waals surface area contributed by atoms with Crippen LogP contribution >= 0.6 is 11.3 Å². The molecule has 0 bridgehead atoms. The van der Waals surface area contributed by atoms with Crippen molar-refractivity contribution in [2.45, 2.75) is 13.3 Å². The van der Waals surface area contributed by atoms with Crippen LogP contribution in [0.2, 0.25) is 0 Å². The molecule has 1 aromatic carbocycles. The number of thiophene rings is 1. The highest BCUT2D eigenvalue weighted by Crippen LogP contribution is 2.18. The normalized spacial score (nSPS) is 10.3. The molecule has 0 radical (unpaired) electrons. The van der Waals surface area contributed by atoms with E-state index in [0.29, 0.717) is 12.1 Å². The summed E-state index contributed by atoms with van der Waals surface area (Å²) in [6.45, 7) is 2.00. The summed E-state index contributed by atoms with van der Waals surface area (Å²) < 4.78 is 0. The third-order valence-electron chi connectivity index (χ3n) is 2.33. The average molecular weight is 231 g/mol. The molecule has 0 aliphatic rings. The lowest BCUT2D eigenvalue weighted by Gasteiger charge is -2.00. The number of carbonyl (C=O) groups is 1. The molecule has 3 heteroatoms. The number of hydrogen-bond donors (Lipinski definition) is 1. The molecular weight excluding hydrogens is 218 g/mol. The van der Waals surface area contributed by atoms with Crippen molar-refractivity contribution in [3.8, 4) is 0 Å². The Kier molecular flexibility index (Phi) is 3.06. The molecule has 2 aromatic rings. The van der Waals surface area contributed by atoms with Crippen LogP contribution in [0.3, 0.4) is 0 Å². The van der Waals surface area contributed by atoms with Gasteiger partial charge >= 0.3 is 0 Å². The number of hydrogen-bond acceptors (Lipinski definition) is 3. The molecule has 0 fully saturated rings. The minimum absolute atomic E-state index is 0.156. The summed E-state index contributed by atoms with van der Waals surface area (Å²) in [7, 11) is 0. The fourth-order valence-corrected chi connectivity index (χ4v) is 2.37. The second-order valence-corrected chi connectivity index (χ2v) is 5.04. The van der Waals surface area contributed by atoms with E-state index in [0.717, 1.165) is 15.3 Å². The van der Waals surface area contributed by atoms with Gasteiger partial charge in [0.2, 0.25) is 0 Å². The highest BCUT2D eigenvalue weighted by Gasteiger charge is 2.09. The number of nitrogen functional groups attached to an aromatic ring is 1. The Morgan fingerprint density at radius 2 is 2.12 bits per heavy atom. The second kappa shape index (κ2) is 4.49. The molecule has 82 valence electrons. The molecule has 0 aliphatic carbocycles. The predicted molar refractivity (Wildman–Crippen MR) is 67.9 cm³/mol. The minimum Gasteiger partial charge on any atom is -0.399 e. The molecule has 2 nitrogen and oxygen atoms in total. The number of ketones is 1. The lowest BCUT2D eigenvalue weighted by atomic mass is 10.1. The van der Waals surface area contributed by atoms with Crippen molar-refractivity contribution < 1.29 is 4.79 Å². The highest BCUT2D eigenvalue weighted by molar-refractivity contribution is 7.14. The van der Waals surface area contributed by atoms with Crippen molar-refractivity contribution in [1.82, 2.24) is 0 Å². The van der Waals surface area contributed by atoms with E-state index in [1.165, 1.54) is 11.3 Å². The summed E-state index contributed by atoms with van der Waals surface area (Å²) in [5, 5.41) is 0. The monoisotopic (exact) mass is 231 g/mol. The van der Waals surface area contributed by atoms with Gasteiger partial charge in [-0.1, -0.05) is 12.1 Å². The number of anilines is 1.